The van der Waals surface area contributed by atoms with Crippen LogP contribution in [0.25, 0.3) is 5.65 Å². The summed E-state index contributed by atoms with van der Waals surface area (Å²) in [5.41, 5.74) is 0.570. The van der Waals surface area contributed by atoms with Crippen LogP contribution in [0.15, 0.2) is 6.20 Å². The molecule has 2 aliphatic rings. The fourth-order valence-corrected chi connectivity index (χ4v) is 7.24. The summed E-state index contributed by atoms with van der Waals surface area (Å²) >= 11 is 6.16. The Morgan fingerprint density at radius 3 is 2.61 bits per heavy atom. The Bertz CT molecular complexity index is 1200. The normalized spacial score (nSPS) is 30.8. The Kier molecular flexibility index (Phi) is 8.11. The highest BCUT2D eigenvalue weighted by Gasteiger charge is 2.46. The molecule has 0 spiro atoms. The number of hydrogen-bond donors (Lipinski definition) is 6. The molecule has 2 aromatic rings. The van der Waals surface area contributed by atoms with Crippen LogP contribution in [0.1, 0.15) is 31.1 Å². The van der Waals surface area contributed by atoms with Crippen molar-refractivity contribution in [3.63, 3.8) is 0 Å². The zero-order valence-corrected chi connectivity index (χ0v) is 22.0. The summed E-state index contributed by atoms with van der Waals surface area (Å²) in [6.07, 6.45) is -1.21. The van der Waals surface area contributed by atoms with E-state index in [0.717, 1.165) is 19.3 Å². The number of nitrogens with one attached hydrogen (secondary N) is 1. The second-order valence-electron chi connectivity index (χ2n) is 9.24. The van der Waals surface area contributed by atoms with E-state index in [1.165, 1.54) is 10.7 Å². The van der Waals surface area contributed by atoms with Gasteiger partial charge in [-0.2, -0.15) is 4.98 Å². The van der Waals surface area contributed by atoms with E-state index < -0.39 is 52.1 Å². The van der Waals surface area contributed by atoms with E-state index in [2.05, 4.69) is 25.3 Å². The third-order valence-corrected chi connectivity index (χ3v) is 9.91. The summed E-state index contributed by atoms with van der Waals surface area (Å²) in [6, 6.07) is 0.580. The van der Waals surface area contributed by atoms with Crippen LogP contribution in [-0.2, 0) is 18.4 Å². The number of halogens is 1. The summed E-state index contributed by atoms with van der Waals surface area (Å²) in [5.74, 6) is -0.985. The van der Waals surface area contributed by atoms with Crippen molar-refractivity contribution in [2.45, 2.75) is 55.8 Å². The molecule has 2 fully saturated rings. The van der Waals surface area contributed by atoms with Crippen LogP contribution >= 0.6 is 26.8 Å². The van der Waals surface area contributed by atoms with Gasteiger partial charge in [-0.1, -0.05) is 0 Å². The first-order valence-electron chi connectivity index (χ1n) is 11.1. The van der Waals surface area contributed by atoms with Crippen molar-refractivity contribution in [1.82, 2.24) is 24.5 Å². The first kappa shape index (κ1) is 27.8. The van der Waals surface area contributed by atoms with Crippen LogP contribution in [0.5, 0.6) is 0 Å². The van der Waals surface area contributed by atoms with Crippen molar-refractivity contribution in [3.8, 4) is 0 Å². The zero-order valence-electron chi connectivity index (χ0n) is 19.5. The molecule has 1 unspecified atom stereocenters. The van der Waals surface area contributed by atoms with E-state index in [0.29, 0.717) is 17.5 Å². The van der Waals surface area contributed by atoms with Crippen LogP contribution in [0.4, 0.5) is 5.82 Å². The second kappa shape index (κ2) is 10.5. The van der Waals surface area contributed by atoms with Gasteiger partial charge in [0.05, 0.1) is 18.5 Å². The Morgan fingerprint density at radius 1 is 1.25 bits per heavy atom. The number of aliphatic hydroxyl groups excluding tert-OH is 2. The fourth-order valence-electron chi connectivity index (χ4n) is 4.51. The number of anilines is 1. The van der Waals surface area contributed by atoms with E-state index in [9.17, 15) is 24.2 Å². The number of ether oxygens (including phenoxy) is 1. The SMILES string of the molecule is CN(C)[C@H]1CC[C@H](Nc2nc(Cl)nn3c([C@@H]4O[C@H](COP(=O)(O)CP(=O)(O)O)[C@@H](O)[C@H]4O)cnc23)C1. The second-order valence-corrected chi connectivity index (χ2v) is 13.6. The Hall–Kier alpha value is -1.22. The third-order valence-electron chi connectivity index (χ3n) is 6.30. The number of rotatable bonds is 9. The molecule has 1 saturated heterocycles. The molecule has 0 bridgehead atoms. The van der Waals surface area contributed by atoms with E-state index in [4.69, 9.17) is 30.6 Å². The lowest BCUT2D eigenvalue weighted by atomic mass is 10.1. The van der Waals surface area contributed by atoms with Crippen LogP contribution < -0.4 is 5.32 Å². The maximum Gasteiger partial charge on any atom is 0.340 e. The molecule has 0 amide bonds. The highest BCUT2D eigenvalue weighted by Crippen LogP contribution is 2.55. The molecule has 15 nitrogen and oxygen atoms in total. The maximum absolute atomic E-state index is 11.9. The zero-order chi connectivity index (χ0) is 26.4. The molecule has 1 saturated carbocycles. The highest BCUT2D eigenvalue weighted by molar-refractivity contribution is 7.70. The van der Waals surface area contributed by atoms with Crippen molar-refractivity contribution in [2.75, 3.05) is 31.9 Å². The summed E-state index contributed by atoms with van der Waals surface area (Å²) in [7, 11) is -5.43. The largest absolute Gasteiger partial charge is 0.387 e. The third kappa shape index (κ3) is 6.25. The van der Waals surface area contributed by atoms with Gasteiger partial charge in [-0.25, -0.2) is 9.50 Å². The molecular weight excluding hydrogens is 542 g/mol. The van der Waals surface area contributed by atoms with Crippen LogP contribution in [0, 0.1) is 0 Å². The predicted molar refractivity (Wildman–Crippen MR) is 127 cm³/mol. The molecule has 6 N–H and O–H groups in total. The molecule has 1 aliphatic heterocycles. The van der Waals surface area contributed by atoms with Crippen molar-refractivity contribution in [2.24, 2.45) is 0 Å². The summed E-state index contributed by atoms with van der Waals surface area (Å²) in [4.78, 5) is 38.3. The first-order valence-corrected chi connectivity index (χ1v) is 15.0. The summed E-state index contributed by atoms with van der Waals surface area (Å²) < 4.78 is 34.7. The number of fused-ring (bicyclic) bond motifs is 1. The Balaban J connectivity index is 1.51. The van der Waals surface area contributed by atoms with Gasteiger partial charge in [0.25, 0.3) is 0 Å². The molecule has 3 heterocycles. The monoisotopic (exact) mass is 570 g/mol. The van der Waals surface area contributed by atoms with Crippen LogP contribution in [-0.4, -0.2) is 106 Å². The lowest BCUT2D eigenvalue weighted by molar-refractivity contribution is -0.0204. The van der Waals surface area contributed by atoms with Crippen LogP contribution in [0.2, 0.25) is 5.28 Å². The molecule has 7 atom stereocenters. The van der Waals surface area contributed by atoms with Crippen LogP contribution in [0.3, 0.4) is 0 Å². The lowest BCUT2D eigenvalue weighted by Gasteiger charge is -2.19. The quantitative estimate of drug-likeness (QED) is 0.222. The van der Waals surface area contributed by atoms with Gasteiger partial charge in [0.2, 0.25) is 5.28 Å². The van der Waals surface area contributed by atoms with Gasteiger partial charge in [-0.05, 0) is 45.0 Å². The summed E-state index contributed by atoms with van der Waals surface area (Å²) in [5, 5.41) is 28.4. The van der Waals surface area contributed by atoms with E-state index in [1.807, 2.05) is 14.1 Å². The summed E-state index contributed by atoms with van der Waals surface area (Å²) in [6.45, 7) is -0.698. The smallest absolute Gasteiger partial charge is 0.340 e. The minimum atomic E-state index is -4.82. The average Bonchev–Trinajstić information content (AvgIpc) is 3.44. The minimum Gasteiger partial charge on any atom is -0.387 e. The van der Waals surface area contributed by atoms with Gasteiger partial charge < -0.3 is 44.4 Å². The molecule has 18 heteroatoms. The Morgan fingerprint density at radius 2 is 1.97 bits per heavy atom. The van der Waals surface area contributed by atoms with Crippen molar-refractivity contribution >= 4 is 38.3 Å². The molecule has 36 heavy (non-hydrogen) atoms. The van der Waals surface area contributed by atoms with Gasteiger partial charge in [0, 0.05) is 12.1 Å². The van der Waals surface area contributed by atoms with Crippen molar-refractivity contribution < 1.29 is 43.3 Å². The maximum atomic E-state index is 11.9. The van der Waals surface area contributed by atoms with Gasteiger partial charge in [0.1, 0.15) is 24.4 Å². The number of imidazole rings is 1. The molecule has 2 aromatic heterocycles. The fraction of sp³-hybridized carbons (Fsp3) is 0.722. The molecule has 1 aliphatic carbocycles. The molecule has 0 radical (unpaired) electrons. The molecule has 4 rings (SSSR count). The molecule has 0 aromatic carbocycles. The predicted octanol–water partition coefficient (Wildman–Crippen LogP) is 0.171. The van der Waals surface area contributed by atoms with Gasteiger partial charge in [-0.3, -0.25) is 9.13 Å². The van der Waals surface area contributed by atoms with E-state index >= 15 is 0 Å². The van der Waals surface area contributed by atoms with Crippen molar-refractivity contribution in [1.29, 1.82) is 0 Å². The average molecular weight is 571 g/mol. The highest BCUT2D eigenvalue weighted by atomic mass is 35.5. The van der Waals surface area contributed by atoms with Gasteiger partial charge in [-0.15, -0.1) is 5.10 Å². The molecular formula is C18H29ClN6O9P2. The van der Waals surface area contributed by atoms with E-state index in [1.54, 1.807) is 0 Å². The van der Waals surface area contributed by atoms with Gasteiger partial charge >= 0.3 is 15.2 Å². The number of nitrogens with zero attached hydrogens (tertiary/aromatic N) is 5. The Labute approximate surface area is 211 Å². The minimum absolute atomic E-state index is 0.0852. The van der Waals surface area contributed by atoms with Gasteiger partial charge in [0.15, 0.2) is 17.4 Å². The lowest BCUT2D eigenvalue weighted by Crippen LogP contribution is -2.33. The number of aromatic nitrogens is 4. The number of hydrogen-bond acceptors (Lipinski definition) is 11. The topological polar surface area (TPSA) is 212 Å². The van der Waals surface area contributed by atoms with E-state index in [-0.39, 0.29) is 17.0 Å². The molecule has 202 valence electrons. The standard InChI is InChI=1S/C18H29ClN6O9P2/c1-24(2)10-4-3-9(5-10)21-16-17-20-6-11(25(17)23-18(19)22-16)15-14(27)13(26)12(34-15)7-33-36(31,32)8-35(28,29)30/h6,9-10,12-15,26-27H,3-5,7-8H2,1-2H3,(H,31,32)(H,21,22,23)(H2,28,29,30)/t9-,10-,12+,13+,14+,15-/m0/s1. The number of aliphatic hydroxyl groups is 2. The van der Waals surface area contributed by atoms with Crippen molar-refractivity contribution in [3.05, 3.63) is 17.2 Å². The first-order chi connectivity index (χ1) is 16.7.